The highest BCUT2D eigenvalue weighted by molar-refractivity contribution is 7.20. The smallest absolute Gasteiger partial charge is 0.406 e. The Bertz CT molecular complexity index is 1280. The summed E-state index contributed by atoms with van der Waals surface area (Å²) in [4.78, 5) is 16.2. The third-order valence-corrected chi connectivity index (χ3v) is 5.37. The zero-order valence-corrected chi connectivity index (χ0v) is 17.1. The van der Waals surface area contributed by atoms with Gasteiger partial charge in [0.1, 0.15) is 0 Å². The van der Waals surface area contributed by atoms with Crippen molar-refractivity contribution in [3.05, 3.63) is 71.5 Å². The van der Waals surface area contributed by atoms with Gasteiger partial charge in [-0.25, -0.2) is 9.78 Å². The largest absolute Gasteiger partial charge is 0.437 e. The summed E-state index contributed by atoms with van der Waals surface area (Å²) in [6.07, 6.45) is -10.1. The van der Waals surface area contributed by atoms with Gasteiger partial charge in [-0.1, -0.05) is 35.6 Å². The van der Waals surface area contributed by atoms with Gasteiger partial charge in [0, 0.05) is 6.54 Å². The second-order valence-corrected chi connectivity index (χ2v) is 7.68. The van der Waals surface area contributed by atoms with Crippen LogP contribution in [0.3, 0.4) is 0 Å². The minimum atomic E-state index is -4.94. The van der Waals surface area contributed by atoms with Crippen molar-refractivity contribution < 1.29 is 35.9 Å². The van der Waals surface area contributed by atoms with Crippen molar-refractivity contribution in [2.75, 3.05) is 0 Å². The molecule has 0 fully saturated rings. The number of aromatic nitrogens is 3. The first-order chi connectivity index (χ1) is 15.5. The number of alkyl halides is 6. The molecule has 0 aliphatic carbocycles. The minimum absolute atomic E-state index is 0.0808. The summed E-state index contributed by atoms with van der Waals surface area (Å²) in [5, 5.41) is 5.72. The van der Waals surface area contributed by atoms with Crippen molar-refractivity contribution in [1.82, 2.24) is 20.1 Å². The number of nitrogens with zero attached hydrogens (tertiary/aromatic N) is 3. The van der Waals surface area contributed by atoms with Gasteiger partial charge in [0.15, 0.2) is 11.4 Å². The van der Waals surface area contributed by atoms with Crippen molar-refractivity contribution in [3.63, 3.8) is 0 Å². The van der Waals surface area contributed by atoms with Crippen LogP contribution >= 0.6 is 11.3 Å². The van der Waals surface area contributed by atoms with Crippen LogP contribution in [0, 0.1) is 0 Å². The standard InChI is InChI=1S/C20H12F6N4O2S/c21-19(22,23)12-5-3-4-11(8-12)9-27-18(31)32-14-10-28-30(16(14)20(24,25)26)17-29-13-6-1-2-7-15(13)33-17/h1-8,10H,9H2,(H,27,31). The molecule has 0 bridgehead atoms. The Hall–Kier alpha value is -3.61. The lowest BCUT2D eigenvalue weighted by molar-refractivity contribution is -0.143. The monoisotopic (exact) mass is 486 g/mol. The van der Waals surface area contributed by atoms with Gasteiger partial charge in [-0.2, -0.15) is 36.1 Å². The maximum absolute atomic E-state index is 13.7. The molecule has 1 amide bonds. The lowest BCUT2D eigenvalue weighted by atomic mass is 10.1. The number of hydrogen-bond donors (Lipinski definition) is 1. The van der Waals surface area contributed by atoms with E-state index in [-0.39, 0.29) is 10.7 Å². The molecule has 2 aromatic heterocycles. The fourth-order valence-corrected chi connectivity index (χ4v) is 3.86. The normalized spacial score (nSPS) is 12.2. The van der Waals surface area contributed by atoms with Crippen molar-refractivity contribution in [2.24, 2.45) is 0 Å². The Kier molecular flexibility index (Phi) is 5.74. The molecule has 0 saturated heterocycles. The van der Waals surface area contributed by atoms with Gasteiger partial charge in [-0.05, 0) is 29.8 Å². The summed E-state index contributed by atoms with van der Waals surface area (Å²) in [7, 11) is 0. The van der Waals surface area contributed by atoms with Crippen molar-refractivity contribution in [1.29, 1.82) is 0 Å². The average molecular weight is 486 g/mol. The summed E-state index contributed by atoms with van der Waals surface area (Å²) in [5.41, 5.74) is -1.71. The van der Waals surface area contributed by atoms with Crippen LogP contribution in [-0.2, 0) is 18.9 Å². The van der Waals surface area contributed by atoms with Crippen LogP contribution in [0.4, 0.5) is 31.1 Å². The molecule has 1 N–H and O–H groups in total. The number of amides is 1. The number of benzene rings is 2. The SMILES string of the molecule is O=C(NCc1cccc(C(F)(F)F)c1)Oc1cnn(-c2nc3ccccc3s2)c1C(F)(F)F. The molecule has 6 nitrogen and oxygen atoms in total. The molecule has 2 aromatic carbocycles. The summed E-state index contributed by atoms with van der Waals surface area (Å²) < 4.78 is 85.5. The molecule has 4 aromatic rings. The highest BCUT2D eigenvalue weighted by atomic mass is 32.1. The Morgan fingerprint density at radius 3 is 2.48 bits per heavy atom. The van der Waals surface area contributed by atoms with Crippen LogP contribution in [-0.4, -0.2) is 20.9 Å². The molecule has 0 aliphatic heterocycles. The minimum Gasteiger partial charge on any atom is -0.406 e. The second kappa shape index (κ2) is 8.39. The van der Waals surface area contributed by atoms with E-state index in [1.807, 2.05) is 0 Å². The molecule has 4 rings (SSSR count). The van der Waals surface area contributed by atoms with Gasteiger partial charge in [0.2, 0.25) is 5.13 Å². The number of carbonyl (C=O) groups excluding carboxylic acids is 1. The Labute approximate surface area is 185 Å². The third-order valence-electron chi connectivity index (χ3n) is 4.36. The predicted octanol–water partition coefficient (Wildman–Crippen LogP) is 5.81. The molecular weight excluding hydrogens is 474 g/mol. The van der Waals surface area contributed by atoms with Gasteiger partial charge in [0.05, 0.1) is 22.0 Å². The first kappa shape index (κ1) is 22.6. The molecule has 13 heteroatoms. The molecule has 0 aliphatic rings. The number of ether oxygens (including phenoxy) is 1. The van der Waals surface area contributed by atoms with Crippen LogP contribution in [0.25, 0.3) is 15.3 Å². The second-order valence-electron chi connectivity index (χ2n) is 6.67. The van der Waals surface area contributed by atoms with Crippen molar-refractivity contribution in [3.8, 4) is 10.9 Å². The topological polar surface area (TPSA) is 69.0 Å². The molecule has 0 radical (unpaired) electrons. The highest BCUT2D eigenvalue weighted by Gasteiger charge is 2.41. The van der Waals surface area contributed by atoms with E-state index in [4.69, 9.17) is 4.74 Å². The number of fused-ring (bicyclic) bond motifs is 1. The van der Waals surface area contributed by atoms with Gasteiger partial charge in [-0.3, -0.25) is 0 Å². The zero-order valence-electron chi connectivity index (χ0n) is 16.2. The van der Waals surface area contributed by atoms with Crippen molar-refractivity contribution in [2.45, 2.75) is 18.9 Å². The van der Waals surface area contributed by atoms with E-state index in [1.165, 1.54) is 6.07 Å². The molecule has 0 unspecified atom stereocenters. The van der Waals surface area contributed by atoms with Crippen LogP contribution in [0.1, 0.15) is 16.8 Å². The van der Waals surface area contributed by atoms with Crippen LogP contribution in [0.5, 0.6) is 5.75 Å². The molecule has 0 spiro atoms. The van der Waals surface area contributed by atoms with Crippen molar-refractivity contribution >= 4 is 27.6 Å². The molecule has 172 valence electrons. The number of carbonyl (C=O) groups is 1. The van der Waals surface area contributed by atoms with Crippen LogP contribution < -0.4 is 10.1 Å². The summed E-state index contributed by atoms with van der Waals surface area (Å²) in [6, 6.07) is 10.8. The number of halogens is 6. The Morgan fingerprint density at radius 2 is 1.79 bits per heavy atom. The summed E-state index contributed by atoms with van der Waals surface area (Å²) >= 11 is 0.965. The predicted molar refractivity (Wildman–Crippen MR) is 106 cm³/mol. The molecule has 0 atom stereocenters. The Balaban J connectivity index is 1.54. The molecular formula is C20H12F6N4O2S. The maximum atomic E-state index is 13.7. The van der Waals surface area contributed by atoms with E-state index >= 15 is 0 Å². The van der Waals surface area contributed by atoms with Crippen LogP contribution in [0.2, 0.25) is 0 Å². The van der Waals surface area contributed by atoms with E-state index in [0.29, 0.717) is 14.9 Å². The summed E-state index contributed by atoms with van der Waals surface area (Å²) in [6.45, 7) is -0.393. The number of para-hydroxylation sites is 1. The average Bonchev–Trinajstić information content (AvgIpc) is 3.35. The quantitative estimate of drug-likeness (QED) is 0.370. The lowest BCUT2D eigenvalue weighted by Gasteiger charge is -2.12. The first-order valence-corrected chi connectivity index (χ1v) is 9.97. The van der Waals surface area contributed by atoms with Gasteiger partial charge >= 0.3 is 18.4 Å². The fraction of sp³-hybridized carbons (Fsp3) is 0.150. The number of thiazole rings is 1. The van der Waals surface area contributed by atoms with Gasteiger partial charge in [-0.15, -0.1) is 0 Å². The third kappa shape index (κ3) is 4.92. The van der Waals surface area contributed by atoms with E-state index in [2.05, 4.69) is 15.4 Å². The zero-order chi connectivity index (χ0) is 23.8. The fourth-order valence-electron chi connectivity index (χ4n) is 2.93. The molecule has 2 heterocycles. The first-order valence-electron chi connectivity index (χ1n) is 9.15. The number of hydrogen-bond acceptors (Lipinski definition) is 5. The lowest BCUT2D eigenvalue weighted by Crippen LogP contribution is -2.27. The van der Waals surface area contributed by atoms with E-state index < -0.39 is 42.0 Å². The van der Waals surface area contributed by atoms with Gasteiger partial charge < -0.3 is 10.1 Å². The maximum Gasteiger partial charge on any atom is 0.437 e. The number of rotatable bonds is 4. The van der Waals surface area contributed by atoms with Gasteiger partial charge in [0.25, 0.3) is 0 Å². The molecule has 0 saturated carbocycles. The molecule has 33 heavy (non-hydrogen) atoms. The van der Waals surface area contributed by atoms with E-state index in [1.54, 1.807) is 24.3 Å². The summed E-state index contributed by atoms with van der Waals surface area (Å²) in [5.74, 6) is -0.872. The van der Waals surface area contributed by atoms with E-state index in [0.717, 1.165) is 35.7 Å². The highest BCUT2D eigenvalue weighted by Crippen LogP contribution is 2.39. The number of nitrogens with one attached hydrogen (secondary N) is 1. The van der Waals surface area contributed by atoms with E-state index in [9.17, 15) is 31.1 Å². The van der Waals surface area contributed by atoms with Crippen LogP contribution in [0.15, 0.2) is 54.7 Å². The Morgan fingerprint density at radius 1 is 1.03 bits per heavy atom.